The number of thiazole rings is 1. The molecule has 3 heterocycles. The molecule has 0 bridgehead atoms. The molecular formula is C25H24N4O3S. The van der Waals surface area contributed by atoms with Gasteiger partial charge in [-0.25, -0.2) is 9.97 Å². The lowest BCUT2D eigenvalue weighted by atomic mass is 10.1. The standard InChI is InChI=1S/C25H24N4O3S/c1-31-22-8-6-19(7-9-22)24-27-21(16-33-24)15-28-10-12-29(13-11-28)25(30)20-4-2-18(3-5-20)23-14-26-17-32-23/h2-9,14,16-17H,10-13,15H2,1H3. The van der Waals surface area contributed by atoms with Crippen LogP contribution in [-0.4, -0.2) is 59.0 Å². The van der Waals surface area contributed by atoms with Gasteiger partial charge in [-0.15, -0.1) is 11.3 Å². The van der Waals surface area contributed by atoms with E-state index in [0.29, 0.717) is 24.4 Å². The number of oxazole rings is 1. The number of benzene rings is 2. The largest absolute Gasteiger partial charge is 0.497 e. The molecule has 1 fully saturated rings. The van der Waals surface area contributed by atoms with E-state index in [2.05, 4.69) is 15.3 Å². The minimum absolute atomic E-state index is 0.0641. The Morgan fingerprint density at radius 1 is 1.03 bits per heavy atom. The molecule has 1 aliphatic rings. The Balaban J connectivity index is 1.15. The van der Waals surface area contributed by atoms with Gasteiger partial charge in [0.15, 0.2) is 12.2 Å². The monoisotopic (exact) mass is 460 g/mol. The SMILES string of the molecule is COc1ccc(-c2nc(CN3CCN(C(=O)c4ccc(-c5cnco5)cc4)CC3)cs2)cc1. The van der Waals surface area contributed by atoms with E-state index in [4.69, 9.17) is 14.1 Å². The van der Waals surface area contributed by atoms with Gasteiger partial charge in [-0.1, -0.05) is 12.1 Å². The lowest BCUT2D eigenvalue weighted by Gasteiger charge is -2.34. The van der Waals surface area contributed by atoms with Crippen LogP contribution in [0.15, 0.2) is 70.9 Å². The third-order valence-corrected chi connectivity index (χ3v) is 6.72. The van der Waals surface area contributed by atoms with Crippen molar-refractivity contribution in [2.75, 3.05) is 33.3 Å². The van der Waals surface area contributed by atoms with Gasteiger partial charge in [0.05, 0.1) is 19.0 Å². The lowest BCUT2D eigenvalue weighted by molar-refractivity contribution is 0.0627. The Hall–Kier alpha value is -3.49. The highest BCUT2D eigenvalue weighted by Gasteiger charge is 2.23. The third-order valence-electron chi connectivity index (χ3n) is 5.78. The average molecular weight is 461 g/mol. The predicted molar refractivity (Wildman–Crippen MR) is 127 cm³/mol. The number of piperazine rings is 1. The highest BCUT2D eigenvalue weighted by atomic mass is 32.1. The predicted octanol–water partition coefficient (Wildman–Crippen LogP) is 4.43. The van der Waals surface area contributed by atoms with Gasteiger partial charge in [-0.2, -0.15) is 0 Å². The molecule has 1 amide bonds. The van der Waals surface area contributed by atoms with Crippen LogP contribution >= 0.6 is 11.3 Å². The fraction of sp³-hybridized carbons (Fsp3) is 0.240. The molecule has 0 N–H and O–H groups in total. The summed E-state index contributed by atoms with van der Waals surface area (Å²) in [4.78, 5) is 25.9. The van der Waals surface area contributed by atoms with Gasteiger partial charge < -0.3 is 14.1 Å². The molecule has 0 unspecified atom stereocenters. The van der Waals surface area contributed by atoms with Crippen LogP contribution in [0.2, 0.25) is 0 Å². The molecule has 8 heteroatoms. The first-order chi connectivity index (χ1) is 16.2. The Morgan fingerprint density at radius 3 is 2.42 bits per heavy atom. The van der Waals surface area contributed by atoms with Crippen LogP contribution in [0, 0.1) is 0 Å². The fourth-order valence-electron chi connectivity index (χ4n) is 3.90. The van der Waals surface area contributed by atoms with E-state index in [9.17, 15) is 4.79 Å². The molecule has 5 rings (SSSR count). The van der Waals surface area contributed by atoms with E-state index in [1.54, 1.807) is 24.6 Å². The van der Waals surface area contributed by atoms with Gasteiger partial charge in [0.1, 0.15) is 10.8 Å². The van der Waals surface area contributed by atoms with Crippen molar-refractivity contribution in [2.45, 2.75) is 6.54 Å². The smallest absolute Gasteiger partial charge is 0.253 e. The zero-order chi connectivity index (χ0) is 22.6. The number of nitrogens with zero attached hydrogens (tertiary/aromatic N) is 4. The quantitative estimate of drug-likeness (QED) is 0.424. The van der Waals surface area contributed by atoms with E-state index in [-0.39, 0.29) is 5.91 Å². The van der Waals surface area contributed by atoms with E-state index >= 15 is 0 Å². The summed E-state index contributed by atoms with van der Waals surface area (Å²) in [6.07, 6.45) is 3.07. The minimum Gasteiger partial charge on any atom is -0.497 e. The summed E-state index contributed by atoms with van der Waals surface area (Å²) in [5.74, 6) is 1.60. The maximum Gasteiger partial charge on any atom is 0.253 e. The summed E-state index contributed by atoms with van der Waals surface area (Å²) in [6.45, 7) is 3.87. The summed E-state index contributed by atoms with van der Waals surface area (Å²) in [7, 11) is 1.67. The summed E-state index contributed by atoms with van der Waals surface area (Å²) in [5, 5.41) is 3.13. The van der Waals surface area contributed by atoms with Crippen molar-refractivity contribution in [1.82, 2.24) is 19.8 Å². The Kier molecular flexibility index (Phi) is 6.19. The molecule has 0 aliphatic carbocycles. The first kappa shape index (κ1) is 21.4. The van der Waals surface area contributed by atoms with Crippen LogP contribution in [0.1, 0.15) is 16.1 Å². The van der Waals surface area contributed by atoms with Crippen LogP contribution in [0.25, 0.3) is 21.9 Å². The van der Waals surface area contributed by atoms with Crippen molar-refractivity contribution in [3.8, 4) is 27.6 Å². The molecule has 0 spiro atoms. The van der Waals surface area contributed by atoms with E-state index in [1.807, 2.05) is 53.4 Å². The van der Waals surface area contributed by atoms with Crippen LogP contribution in [-0.2, 0) is 6.54 Å². The van der Waals surface area contributed by atoms with Crippen LogP contribution in [0.3, 0.4) is 0 Å². The first-order valence-corrected chi connectivity index (χ1v) is 11.7. The second kappa shape index (κ2) is 9.56. The van der Waals surface area contributed by atoms with Gasteiger partial charge >= 0.3 is 0 Å². The molecule has 2 aromatic carbocycles. The zero-order valence-electron chi connectivity index (χ0n) is 18.3. The van der Waals surface area contributed by atoms with Crippen molar-refractivity contribution in [2.24, 2.45) is 0 Å². The second-order valence-electron chi connectivity index (χ2n) is 7.88. The van der Waals surface area contributed by atoms with Gasteiger partial charge in [-0.05, 0) is 36.4 Å². The number of rotatable bonds is 6. The molecular weight excluding hydrogens is 436 g/mol. The van der Waals surface area contributed by atoms with Crippen molar-refractivity contribution < 1.29 is 13.9 Å². The number of ether oxygens (including phenoxy) is 1. The van der Waals surface area contributed by atoms with Crippen molar-refractivity contribution in [3.63, 3.8) is 0 Å². The molecule has 0 radical (unpaired) electrons. The lowest BCUT2D eigenvalue weighted by Crippen LogP contribution is -2.48. The fourth-order valence-corrected chi connectivity index (χ4v) is 4.72. The number of hydrogen-bond acceptors (Lipinski definition) is 7. The molecule has 0 saturated carbocycles. The molecule has 0 atom stereocenters. The molecule has 4 aromatic rings. The molecule has 33 heavy (non-hydrogen) atoms. The molecule has 168 valence electrons. The minimum atomic E-state index is 0.0641. The van der Waals surface area contributed by atoms with Crippen molar-refractivity contribution in [1.29, 1.82) is 0 Å². The first-order valence-electron chi connectivity index (χ1n) is 10.8. The van der Waals surface area contributed by atoms with Crippen LogP contribution < -0.4 is 4.74 Å². The maximum absolute atomic E-state index is 12.9. The Morgan fingerprint density at radius 2 is 1.76 bits per heavy atom. The normalized spacial score (nSPS) is 14.4. The number of carbonyl (C=O) groups excluding carboxylic acids is 1. The summed E-state index contributed by atoms with van der Waals surface area (Å²) < 4.78 is 10.5. The maximum atomic E-state index is 12.9. The topological polar surface area (TPSA) is 71.7 Å². The Labute approximate surface area is 196 Å². The van der Waals surface area contributed by atoms with Gasteiger partial charge in [-0.3, -0.25) is 9.69 Å². The number of methoxy groups -OCH3 is 1. The van der Waals surface area contributed by atoms with Crippen molar-refractivity contribution >= 4 is 17.2 Å². The highest BCUT2D eigenvalue weighted by molar-refractivity contribution is 7.13. The van der Waals surface area contributed by atoms with E-state index < -0.39 is 0 Å². The molecule has 2 aromatic heterocycles. The van der Waals surface area contributed by atoms with Gasteiger partial charge in [0.2, 0.25) is 0 Å². The highest BCUT2D eigenvalue weighted by Crippen LogP contribution is 2.26. The summed E-state index contributed by atoms with van der Waals surface area (Å²) >= 11 is 1.65. The van der Waals surface area contributed by atoms with Crippen molar-refractivity contribution in [3.05, 3.63) is 77.8 Å². The zero-order valence-corrected chi connectivity index (χ0v) is 19.1. The van der Waals surface area contributed by atoms with E-state index in [0.717, 1.165) is 47.2 Å². The molecule has 1 saturated heterocycles. The Bertz CT molecular complexity index is 1200. The van der Waals surface area contributed by atoms with Gasteiger partial charge in [0.25, 0.3) is 5.91 Å². The number of carbonyl (C=O) groups is 1. The van der Waals surface area contributed by atoms with Gasteiger partial charge in [0, 0.05) is 54.8 Å². The molecule has 1 aliphatic heterocycles. The average Bonchev–Trinajstić information content (AvgIpc) is 3.57. The van der Waals surface area contributed by atoms with E-state index in [1.165, 1.54) is 6.39 Å². The molecule has 7 nitrogen and oxygen atoms in total. The summed E-state index contributed by atoms with van der Waals surface area (Å²) in [6, 6.07) is 15.5. The number of hydrogen-bond donors (Lipinski definition) is 0. The van der Waals surface area contributed by atoms with Crippen LogP contribution in [0.4, 0.5) is 0 Å². The number of amides is 1. The van der Waals surface area contributed by atoms with Crippen LogP contribution in [0.5, 0.6) is 5.75 Å². The third kappa shape index (κ3) is 4.81. The second-order valence-corrected chi connectivity index (χ2v) is 8.74. The summed E-state index contributed by atoms with van der Waals surface area (Å²) in [5.41, 5.74) is 3.76. The number of aromatic nitrogens is 2.